The maximum Gasteiger partial charge on any atom is 0.243 e. The van der Waals surface area contributed by atoms with Crippen molar-refractivity contribution in [3.8, 4) is 11.1 Å². The predicted molar refractivity (Wildman–Crippen MR) is 185 cm³/mol. The van der Waals surface area contributed by atoms with Crippen molar-refractivity contribution < 1.29 is 29.4 Å². The fourth-order valence-corrected chi connectivity index (χ4v) is 6.51. The first-order valence-corrected chi connectivity index (χ1v) is 17.4. The molecular formula is C38H43N3O6S. The van der Waals surface area contributed by atoms with Gasteiger partial charge in [-0.05, 0) is 64.9 Å². The number of pyridine rings is 1. The number of nitrogens with one attached hydrogen (secondary N) is 2. The lowest BCUT2D eigenvalue weighted by Gasteiger charge is -2.36. The van der Waals surface area contributed by atoms with E-state index >= 15 is 0 Å². The Balaban J connectivity index is 1.21. The summed E-state index contributed by atoms with van der Waals surface area (Å²) in [6.45, 7) is 0.433. The molecule has 1 aliphatic heterocycles. The Hall–Kier alpha value is -4.06. The van der Waals surface area contributed by atoms with Gasteiger partial charge in [-0.2, -0.15) is 0 Å². The average molecular weight is 670 g/mol. The van der Waals surface area contributed by atoms with E-state index in [0.29, 0.717) is 25.8 Å². The molecule has 0 spiro atoms. The number of aliphatic hydroxyl groups excluding tert-OH is 1. The number of rotatable bonds is 16. The molecule has 0 radical (unpaired) electrons. The minimum Gasteiger partial charge on any atom is -0.392 e. The summed E-state index contributed by atoms with van der Waals surface area (Å²) in [5.74, 6) is 0.352. The number of hydrogen-bond donors (Lipinski definition) is 4. The van der Waals surface area contributed by atoms with Crippen LogP contribution in [0, 0.1) is 0 Å². The number of carbonyl (C=O) groups is 2. The number of ether oxygens (including phenoxy) is 2. The normalized spacial score (nSPS) is 17.5. The van der Waals surface area contributed by atoms with Crippen molar-refractivity contribution in [1.29, 1.82) is 0 Å². The molecule has 1 aliphatic rings. The molecule has 2 heterocycles. The highest BCUT2D eigenvalue weighted by atomic mass is 32.2. The molecule has 0 saturated carbocycles. The number of benzene rings is 3. The number of aromatic nitrogens is 1. The van der Waals surface area contributed by atoms with Crippen LogP contribution in [0.15, 0.2) is 102 Å². The van der Waals surface area contributed by atoms with Crippen molar-refractivity contribution in [2.75, 3.05) is 5.75 Å². The van der Waals surface area contributed by atoms with Crippen LogP contribution >= 0.6 is 11.8 Å². The smallest absolute Gasteiger partial charge is 0.243 e. The van der Waals surface area contributed by atoms with Crippen LogP contribution in [0.4, 0.5) is 0 Å². The first-order chi connectivity index (χ1) is 23.5. The van der Waals surface area contributed by atoms with E-state index in [-0.39, 0.29) is 37.0 Å². The summed E-state index contributed by atoms with van der Waals surface area (Å²) in [5.41, 5.74) is 7.53. The van der Waals surface area contributed by atoms with Gasteiger partial charge in [0.25, 0.3) is 0 Å². The molecule has 3 aromatic carbocycles. The third-order valence-electron chi connectivity index (χ3n) is 8.26. The fourth-order valence-electron chi connectivity index (χ4n) is 5.63. The Labute approximate surface area is 286 Å². The van der Waals surface area contributed by atoms with E-state index in [1.165, 1.54) is 0 Å². The quantitative estimate of drug-likeness (QED) is 0.0433. The molecule has 10 heteroatoms. The lowest BCUT2D eigenvalue weighted by molar-refractivity contribution is -0.245. The Morgan fingerprint density at radius 3 is 2.27 bits per heavy atom. The van der Waals surface area contributed by atoms with Gasteiger partial charge in [0.1, 0.15) is 0 Å². The predicted octanol–water partition coefficient (Wildman–Crippen LogP) is 7.04. The number of unbranched alkanes of at least 4 members (excludes halogenated alkanes) is 3. The minimum absolute atomic E-state index is 0.00147. The monoisotopic (exact) mass is 669 g/mol. The standard InChI is InChI=1S/C38H43N3O6S/c42-25-27-16-18-29(19-17-27)34-23-33(26-48-37-15-5-6-20-39-37)46-38(47-34)32-12-8-11-31(22-32)30-10-7-9-28(21-30)24-40-35(43)13-3-1-2-4-14-36(44)41-45/h5-12,15-22,33-34,38,42,45H,1-4,13-14,23-26H2,(H,40,43)(H,41,44)/t33-,34+,38+/m0/s1. The maximum absolute atomic E-state index is 12.4. The largest absolute Gasteiger partial charge is 0.392 e. The van der Waals surface area contributed by atoms with Crippen molar-refractivity contribution in [1.82, 2.24) is 15.8 Å². The number of aliphatic hydroxyl groups is 1. The third kappa shape index (κ3) is 10.7. The van der Waals surface area contributed by atoms with Crippen molar-refractivity contribution in [3.05, 3.63) is 119 Å². The van der Waals surface area contributed by atoms with Crippen LogP contribution in [0.3, 0.4) is 0 Å². The highest BCUT2D eigenvalue weighted by molar-refractivity contribution is 7.99. The van der Waals surface area contributed by atoms with Gasteiger partial charge in [0.05, 0.1) is 23.8 Å². The van der Waals surface area contributed by atoms with Gasteiger partial charge >= 0.3 is 0 Å². The van der Waals surface area contributed by atoms with Crippen molar-refractivity contribution in [3.63, 3.8) is 0 Å². The van der Waals surface area contributed by atoms with Gasteiger partial charge in [-0.25, -0.2) is 10.5 Å². The van der Waals surface area contributed by atoms with Crippen LogP contribution in [-0.2, 0) is 32.2 Å². The van der Waals surface area contributed by atoms with Crippen LogP contribution in [0.25, 0.3) is 11.1 Å². The summed E-state index contributed by atoms with van der Waals surface area (Å²) in [4.78, 5) is 28.0. The SMILES string of the molecule is O=C(CCCCCCC(=O)NCc1cccc(-c2cccc([C@@H]3O[C@H](CSc4ccccn4)C[C@H](c4ccc(CO)cc4)O3)c2)c1)NO. The van der Waals surface area contributed by atoms with E-state index in [2.05, 4.69) is 34.6 Å². The topological polar surface area (TPSA) is 130 Å². The second kappa shape index (κ2) is 18.5. The second-order valence-corrected chi connectivity index (χ2v) is 12.9. The number of amides is 2. The molecule has 4 aromatic rings. The Morgan fingerprint density at radius 1 is 0.792 bits per heavy atom. The van der Waals surface area contributed by atoms with E-state index < -0.39 is 6.29 Å². The fraction of sp³-hybridized carbons (Fsp3) is 0.342. The van der Waals surface area contributed by atoms with E-state index in [1.54, 1.807) is 23.4 Å². The summed E-state index contributed by atoms with van der Waals surface area (Å²) in [7, 11) is 0. The molecule has 9 nitrogen and oxygen atoms in total. The molecular weight excluding hydrogens is 627 g/mol. The molecule has 5 rings (SSSR count). The first kappa shape index (κ1) is 35.3. The average Bonchev–Trinajstić information content (AvgIpc) is 3.15. The van der Waals surface area contributed by atoms with Gasteiger partial charge in [-0.1, -0.05) is 79.6 Å². The van der Waals surface area contributed by atoms with Gasteiger partial charge in [-0.15, -0.1) is 11.8 Å². The van der Waals surface area contributed by atoms with Crippen LogP contribution < -0.4 is 10.8 Å². The highest BCUT2D eigenvalue weighted by Crippen LogP contribution is 2.40. The van der Waals surface area contributed by atoms with Gasteiger partial charge in [-0.3, -0.25) is 14.8 Å². The number of hydroxylamine groups is 1. The number of nitrogens with zero attached hydrogens (tertiary/aromatic N) is 1. The van der Waals surface area contributed by atoms with Crippen molar-refractivity contribution >= 4 is 23.6 Å². The number of thioether (sulfide) groups is 1. The highest BCUT2D eigenvalue weighted by Gasteiger charge is 2.32. The summed E-state index contributed by atoms with van der Waals surface area (Å²) >= 11 is 1.67. The molecule has 4 N–H and O–H groups in total. The lowest BCUT2D eigenvalue weighted by atomic mass is 9.99. The van der Waals surface area contributed by atoms with E-state index in [0.717, 1.165) is 63.4 Å². The van der Waals surface area contributed by atoms with Gasteiger partial charge in [0.2, 0.25) is 11.8 Å². The van der Waals surface area contributed by atoms with Gasteiger partial charge in [0.15, 0.2) is 6.29 Å². The van der Waals surface area contributed by atoms with Crippen molar-refractivity contribution in [2.24, 2.45) is 0 Å². The molecule has 1 aromatic heterocycles. The second-order valence-electron chi connectivity index (χ2n) is 11.9. The Morgan fingerprint density at radius 2 is 1.54 bits per heavy atom. The molecule has 1 saturated heterocycles. The minimum atomic E-state index is -0.565. The first-order valence-electron chi connectivity index (χ1n) is 16.4. The lowest BCUT2D eigenvalue weighted by Crippen LogP contribution is -2.31. The Bertz CT molecular complexity index is 1600. The number of carbonyl (C=O) groups excluding carboxylic acids is 2. The summed E-state index contributed by atoms with van der Waals surface area (Å²) in [6, 6.07) is 30.2. The molecule has 0 bridgehead atoms. The molecule has 0 unspecified atom stereocenters. The maximum atomic E-state index is 12.4. The van der Waals surface area contributed by atoms with E-state index in [4.69, 9.17) is 14.7 Å². The summed E-state index contributed by atoms with van der Waals surface area (Å²) < 4.78 is 13.1. The molecule has 1 fully saturated rings. The number of hydrogen-bond acceptors (Lipinski definition) is 8. The zero-order chi connectivity index (χ0) is 33.6. The van der Waals surface area contributed by atoms with Crippen LogP contribution in [0.5, 0.6) is 0 Å². The zero-order valence-corrected chi connectivity index (χ0v) is 27.7. The summed E-state index contributed by atoms with van der Waals surface area (Å²) in [6.07, 6.45) is 5.54. The molecule has 3 atom stereocenters. The van der Waals surface area contributed by atoms with Crippen LogP contribution in [0.2, 0.25) is 0 Å². The van der Waals surface area contributed by atoms with E-state index in [1.807, 2.05) is 66.7 Å². The van der Waals surface area contributed by atoms with Gasteiger partial charge in [0, 0.05) is 43.3 Å². The van der Waals surface area contributed by atoms with Crippen molar-refractivity contribution in [2.45, 2.75) is 81.6 Å². The van der Waals surface area contributed by atoms with E-state index in [9.17, 15) is 14.7 Å². The van der Waals surface area contributed by atoms with Gasteiger partial charge < -0.3 is 19.9 Å². The Kier molecular flexibility index (Phi) is 13.6. The van der Waals surface area contributed by atoms with Crippen LogP contribution in [0.1, 0.15) is 79.6 Å². The molecule has 252 valence electrons. The van der Waals surface area contributed by atoms with Crippen LogP contribution in [-0.4, -0.2) is 39.0 Å². The molecule has 2 amide bonds. The zero-order valence-electron chi connectivity index (χ0n) is 26.9. The molecule has 0 aliphatic carbocycles. The summed E-state index contributed by atoms with van der Waals surface area (Å²) in [5, 5.41) is 22.0. The third-order valence-corrected chi connectivity index (χ3v) is 9.34. The molecule has 48 heavy (non-hydrogen) atoms.